The highest BCUT2D eigenvalue weighted by molar-refractivity contribution is 7.10. The van der Waals surface area contributed by atoms with Gasteiger partial charge in [-0.2, -0.15) is 0 Å². The van der Waals surface area contributed by atoms with E-state index in [0.29, 0.717) is 19.8 Å². The summed E-state index contributed by atoms with van der Waals surface area (Å²) in [5.74, 6) is 0. The summed E-state index contributed by atoms with van der Waals surface area (Å²) in [6.45, 7) is 3.69. The number of aryl methyl sites for hydroxylation is 1. The number of rotatable bonds is 2. The number of hydrogen-bond acceptors (Lipinski definition) is 4. The third-order valence-electron chi connectivity index (χ3n) is 2.41. The van der Waals surface area contributed by atoms with Gasteiger partial charge in [-0.3, -0.25) is 0 Å². The number of aliphatic hydroxyl groups excluding tert-OH is 1. The van der Waals surface area contributed by atoms with Gasteiger partial charge in [0.05, 0.1) is 19.8 Å². The van der Waals surface area contributed by atoms with E-state index in [9.17, 15) is 5.11 Å². The van der Waals surface area contributed by atoms with Gasteiger partial charge in [0, 0.05) is 4.88 Å². The van der Waals surface area contributed by atoms with E-state index in [4.69, 9.17) is 9.47 Å². The van der Waals surface area contributed by atoms with Gasteiger partial charge in [0.1, 0.15) is 12.2 Å². The Hall–Kier alpha value is -0.420. The Labute approximate surface area is 87.3 Å². The highest BCUT2D eigenvalue weighted by atomic mass is 32.1. The van der Waals surface area contributed by atoms with Crippen molar-refractivity contribution >= 4 is 11.3 Å². The van der Waals surface area contributed by atoms with Crippen LogP contribution in [0.1, 0.15) is 16.5 Å². The summed E-state index contributed by atoms with van der Waals surface area (Å²) in [6.07, 6.45) is -0.765. The van der Waals surface area contributed by atoms with Gasteiger partial charge >= 0.3 is 0 Å². The number of hydrogen-bond donors (Lipinski definition) is 1. The predicted octanol–water partition coefficient (Wildman–Crippen LogP) is 1.51. The van der Waals surface area contributed by atoms with Crippen molar-refractivity contribution in [1.82, 2.24) is 0 Å². The Balaban J connectivity index is 2.07. The van der Waals surface area contributed by atoms with E-state index in [1.54, 1.807) is 11.3 Å². The van der Waals surface area contributed by atoms with Crippen LogP contribution in [-0.4, -0.2) is 31.0 Å². The van der Waals surface area contributed by atoms with Crippen LogP contribution in [0, 0.1) is 6.92 Å². The molecule has 0 bridgehead atoms. The molecule has 0 spiro atoms. The third-order valence-corrected chi connectivity index (χ3v) is 3.27. The van der Waals surface area contributed by atoms with Crippen molar-refractivity contribution in [3.63, 3.8) is 0 Å². The minimum absolute atomic E-state index is 0.211. The van der Waals surface area contributed by atoms with Gasteiger partial charge in [-0.1, -0.05) is 0 Å². The van der Waals surface area contributed by atoms with Crippen molar-refractivity contribution in [2.24, 2.45) is 0 Å². The SMILES string of the molecule is Cc1sccc1C(O)C1COCCO1. The van der Waals surface area contributed by atoms with Gasteiger partial charge in [-0.05, 0) is 23.9 Å². The first-order valence-electron chi connectivity index (χ1n) is 4.70. The van der Waals surface area contributed by atoms with Crippen molar-refractivity contribution < 1.29 is 14.6 Å². The van der Waals surface area contributed by atoms with Crippen molar-refractivity contribution in [2.45, 2.75) is 19.1 Å². The zero-order valence-electron chi connectivity index (χ0n) is 8.10. The summed E-state index contributed by atoms with van der Waals surface area (Å²) in [6, 6.07) is 1.95. The third kappa shape index (κ3) is 1.98. The van der Waals surface area contributed by atoms with E-state index < -0.39 is 6.10 Å². The molecule has 2 heterocycles. The number of ether oxygens (including phenoxy) is 2. The molecule has 0 aromatic carbocycles. The molecular formula is C10H14O3S. The number of thiophene rings is 1. The van der Waals surface area contributed by atoms with Gasteiger partial charge < -0.3 is 14.6 Å². The molecule has 0 radical (unpaired) electrons. The minimum Gasteiger partial charge on any atom is -0.386 e. The Morgan fingerprint density at radius 3 is 3.00 bits per heavy atom. The van der Waals surface area contributed by atoms with Crippen LogP contribution in [0.2, 0.25) is 0 Å². The molecule has 1 aliphatic rings. The maximum absolute atomic E-state index is 10.0. The molecule has 4 heteroatoms. The topological polar surface area (TPSA) is 38.7 Å². The maximum Gasteiger partial charge on any atom is 0.111 e. The monoisotopic (exact) mass is 214 g/mol. The first-order chi connectivity index (χ1) is 6.79. The molecule has 0 aliphatic carbocycles. The van der Waals surface area contributed by atoms with E-state index in [1.807, 2.05) is 18.4 Å². The zero-order valence-corrected chi connectivity index (χ0v) is 8.92. The van der Waals surface area contributed by atoms with E-state index in [0.717, 1.165) is 10.4 Å². The highest BCUT2D eigenvalue weighted by Crippen LogP contribution is 2.27. The van der Waals surface area contributed by atoms with Gasteiger partial charge in [-0.15, -0.1) is 11.3 Å². The molecule has 14 heavy (non-hydrogen) atoms. The summed E-state index contributed by atoms with van der Waals surface area (Å²) >= 11 is 1.64. The van der Waals surface area contributed by atoms with E-state index in [2.05, 4.69) is 0 Å². The van der Waals surface area contributed by atoms with Crippen LogP contribution >= 0.6 is 11.3 Å². The van der Waals surface area contributed by atoms with Crippen molar-refractivity contribution in [3.05, 3.63) is 21.9 Å². The summed E-state index contributed by atoms with van der Waals surface area (Å²) in [7, 11) is 0. The molecule has 2 atom stereocenters. The second-order valence-electron chi connectivity index (χ2n) is 3.36. The molecule has 0 saturated carbocycles. The van der Waals surface area contributed by atoms with Crippen molar-refractivity contribution in [2.75, 3.05) is 19.8 Å². The van der Waals surface area contributed by atoms with Crippen LogP contribution in [0.5, 0.6) is 0 Å². The summed E-state index contributed by atoms with van der Waals surface area (Å²) < 4.78 is 10.7. The Kier molecular flexibility index (Phi) is 3.18. The smallest absolute Gasteiger partial charge is 0.111 e. The van der Waals surface area contributed by atoms with Crippen LogP contribution in [-0.2, 0) is 9.47 Å². The average Bonchev–Trinajstić information content (AvgIpc) is 2.65. The lowest BCUT2D eigenvalue weighted by molar-refractivity contribution is -0.133. The highest BCUT2D eigenvalue weighted by Gasteiger charge is 2.25. The first-order valence-corrected chi connectivity index (χ1v) is 5.58. The first kappa shape index (κ1) is 10.1. The molecule has 1 aliphatic heterocycles. The second-order valence-corrected chi connectivity index (χ2v) is 4.48. The molecule has 3 nitrogen and oxygen atoms in total. The Morgan fingerprint density at radius 1 is 1.57 bits per heavy atom. The largest absolute Gasteiger partial charge is 0.386 e. The van der Waals surface area contributed by atoms with Crippen LogP contribution in [0.15, 0.2) is 11.4 Å². The van der Waals surface area contributed by atoms with Crippen LogP contribution in [0.25, 0.3) is 0 Å². The lowest BCUT2D eigenvalue weighted by Gasteiger charge is -2.27. The molecule has 2 rings (SSSR count). The molecular weight excluding hydrogens is 200 g/mol. The number of aliphatic hydroxyl groups is 1. The Morgan fingerprint density at radius 2 is 2.43 bits per heavy atom. The quantitative estimate of drug-likeness (QED) is 0.811. The van der Waals surface area contributed by atoms with Crippen LogP contribution in [0.3, 0.4) is 0 Å². The standard InChI is InChI=1S/C10H14O3S/c1-7-8(2-5-14-7)10(11)9-6-12-3-4-13-9/h2,5,9-11H,3-4,6H2,1H3. The van der Waals surface area contributed by atoms with Crippen molar-refractivity contribution in [3.8, 4) is 0 Å². The van der Waals surface area contributed by atoms with Gasteiger partial charge in [0.2, 0.25) is 0 Å². The van der Waals surface area contributed by atoms with Crippen LogP contribution < -0.4 is 0 Å². The zero-order chi connectivity index (χ0) is 9.97. The van der Waals surface area contributed by atoms with Crippen LogP contribution in [0.4, 0.5) is 0 Å². The Bertz CT molecular complexity index is 291. The lowest BCUT2D eigenvalue weighted by Crippen LogP contribution is -2.33. The molecule has 1 saturated heterocycles. The molecule has 0 amide bonds. The lowest BCUT2D eigenvalue weighted by atomic mass is 10.1. The maximum atomic E-state index is 10.0. The fraction of sp³-hybridized carbons (Fsp3) is 0.600. The fourth-order valence-corrected chi connectivity index (χ4v) is 2.33. The molecule has 1 N–H and O–H groups in total. The fourth-order valence-electron chi connectivity index (χ4n) is 1.59. The second kappa shape index (κ2) is 4.40. The average molecular weight is 214 g/mol. The van der Waals surface area contributed by atoms with E-state index in [1.165, 1.54) is 0 Å². The van der Waals surface area contributed by atoms with Crippen molar-refractivity contribution in [1.29, 1.82) is 0 Å². The molecule has 1 fully saturated rings. The predicted molar refractivity (Wildman–Crippen MR) is 54.6 cm³/mol. The molecule has 2 unspecified atom stereocenters. The van der Waals surface area contributed by atoms with E-state index in [-0.39, 0.29) is 6.10 Å². The van der Waals surface area contributed by atoms with Gasteiger partial charge in [-0.25, -0.2) is 0 Å². The summed E-state index contributed by atoms with van der Waals surface area (Å²) in [5.41, 5.74) is 0.963. The molecule has 1 aromatic rings. The van der Waals surface area contributed by atoms with E-state index >= 15 is 0 Å². The van der Waals surface area contributed by atoms with Gasteiger partial charge in [0.15, 0.2) is 0 Å². The normalized spacial score (nSPS) is 24.9. The molecule has 1 aromatic heterocycles. The minimum atomic E-state index is -0.554. The molecule has 78 valence electrons. The summed E-state index contributed by atoms with van der Waals surface area (Å²) in [4.78, 5) is 1.15. The van der Waals surface area contributed by atoms with Gasteiger partial charge in [0.25, 0.3) is 0 Å². The summed E-state index contributed by atoms with van der Waals surface area (Å²) in [5, 5.41) is 12.0.